The lowest BCUT2D eigenvalue weighted by Crippen LogP contribution is -1.83. The van der Waals surface area contributed by atoms with Crippen LogP contribution in [0.25, 0.3) is 10.9 Å². The molecule has 0 radical (unpaired) electrons. The fourth-order valence-corrected chi connectivity index (χ4v) is 1.96. The van der Waals surface area contributed by atoms with Crippen LogP contribution in [0.15, 0.2) is 22.7 Å². The predicted octanol–water partition coefficient (Wildman–Crippen LogP) is 3.25. The first kappa shape index (κ1) is 8.63. The van der Waals surface area contributed by atoms with Crippen LogP contribution in [0.3, 0.4) is 0 Å². The van der Waals surface area contributed by atoms with Crippen LogP contribution >= 0.6 is 15.9 Å². The van der Waals surface area contributed by atoms with E-state index in [1.165, 1.54) is 5.39 Å². The molecule has 2 rings (SSSR count). The van der Waals surface area contributed by atoms with E-state index in [0.29, 0.717) is 0 Å². The number of rotatable bonds is 1. The molecule has 0 amide bonds. The van der Waals surface area contributed by atoms with Crippen molar-refractivity contribution in [2.24, 2.45) is 0 Å². The van der Waals surface area contributed by atoms with Gasteiger partial charge in [0.1, 0.15) is 5.75 Å². The van der Waals surface area contributed by atoms with E-state index >= 15 is 0 Å². The molecule has 0 aliphatic heterocycles. The summed E-state index contributed by atoms with van der Waals surface area (Å²) in [5.74, 6) is 0.856. The maximum Gasteiger partial charge on any atom is 0.135 e. The normalized spacial score (nSPS) is 10.7. The van der Waals surface area contributed by atoms with E-state index in [0.717, 1.165) is 21.4 Å². The van der Waals surface area contributed by atoms with Crippen LogP contribution in [-0.2, 0) is 0 Å². The molecule has 1 aromatic heterocycles. The Bertz CT molecular complexity index is 447. The van der Waals surface area contributed by atoms with Gasteiger partial charge in [-0.3, -0.25) is 0 Å². The molecular formula is C10H10BrNO. The minimum absolute atomic E-state index is 0.856. The molecule has 1 N–H and O–H groups in total. The lowest BCUT2D eigenvalue weighted by Gasteiger charge is -2.02. The van der Waals surface area contributed by atoms with Crippen LogP contribution in [0.2, 0.25) is 0 Å². The summed E-state index contributed by atoms with van der Waals surface area (Å²) in [7, 11) is 1.67. The summed E-state index contributed by atoms with van der Waals surface area (Å²) in [6.07, 6.45) is 0. The highest BCUT2D eigenvalue weighted by Crippen LogP contribution is 2.30. The van der Waals surface area contributed by atoms with Crippen LogP contribution < -0.4 is 4.74 Å². The van der Waals surface area contributed by atoms with Gasteiger partial charge in [-0.15, -0.1) is 0 Å². The highest BCUT2D eigenvalue weighted by atomic mass is 79.9. The molecule has 0 aliphatic rings. The Hall–Kier alpha value is -0.960. The molecule has 1 heterocycles. The number of hydrogen-bond donors (Lipinski definition) is 1. The number of hydrogen-bond acceptors (Lipinski definition) is 1. The molecule has 0 spiro atoms. The Balaban J connectivity index is 2.72. The summed E-state index contributed by atoms with van der Waals surface area (Å²) in [5, 5.41) is 1.20. The fraction of sp³-hybridized carbons (Fsp3) is 0.200. The lowest BCUT2D eigenvalue weighted by atomic mass is 10.2. The molecule has 1 aromatic carbocycles. The maximum absolute atomic E-state index is 5.20. The number of aromatic nitrogens is 1. The van der Waals surface area contributed by atoms with Crippen LogP contribution in [0.5, 0.6) is 5.75 Å². The molecule has 0 fully saturated rings. The Morgan fingerprint density at radius 1 is 1.31 bits per heavy atom. The third-order valence-corrected chi connectivity index (χ3v) is 2.65. The van der Waals surface area contributed by atoms with Crippen molar-refractivity contribution in [3.63, 3.8) is 0 Å². The van der Waals surface area contributed by atoms with Crippen molar-refractivity contribution in [1.82, 2.24) is 4.98 Å². The zero-order valence-corrected chi connectivity index (χ0v) is 9.10. The van der Waals surface area contributed by atoms with Crippen LogP contribution in [0.1, 0.15) is 5.69 Å². The van der Waals surface area contributed by atoms with E-state index in [9.17, 15) is 0 Å². The number of nitrogens with one attached hydrogen (secondary N) is 1. The smallest absolute Gasteiger partial charge is 0.135 e. The van der Waals surface area contributed by atoms with Crippen molar-refractivity contribution < 1.29 is 4.74 Å². The van der Waals surface area contributed by atoms with Gasteiger partial charge in [-0.1, -0.05) is 0 Å². The Morgan fingerprint density at radius 3 is 2.77 bits per heavy atom. The summed E-state index contributed by atoms with van der Waals surface area (Å²) in [4.78, 5) is 3.26. The fourth-order valence-electron chi connectivity index (χ4n) is 1.43. The van der Waals surface area contributed by atoms with Gasteiger partial charge in [0.15, 0.2) is 0 Å². The first-order valence-electron chi connectivity index (χ1n) is 4.03. The molecular weight excluding hydrogens is 230 g/mol. The van der Waals surface area contributed by atoms with Crippen molar-refractivity contribution >= 4 is 26.8 Å². The molecule has 2 aromatic rings. The standard InChI is InChI=1S/C10H10BrNO/c1-6-3-7-4-8(11)10(13-2)5-9(7)12-6/h3-5,12H,1-2H3. The van der Waals surface area contributed by atoms with E-state index in [-0.39, 0.29) is 0 Å². The van der Waals surface area contributed by atoms with Crippen molar-refractivity contribution in [2.45, 2.75) is 6.92 Å². The van der Waals surface area contributed by atoms with Gasteiger partial charge in [-0.2, -0.15) is 0 Å². The zero-order valence-electron chi connectivity index (χ0n) is 7.52. The molecule has 0 aliphatic carbocycles. The monoisotopic (exact) mass is 239 g/mol. The zero-order chi connectivity index (χ0) is 9.42. The van der Waals surface area contributed by atoms with E-state index in [1.807, 2.05) is 13.0 Å². The van der Waals surface area contributed by atoms with Crippen molar-refractivity contribution in [1.29, 1.82) is 0 Å². The second kappa shape index (κ2) is 3.07. The van der Waals surface area contributed by atoms with Crippen molar-refractivity contribution in [3.05, 3.63) is 28.4 Å². The maximum atomic E-state index is 5.20. The van der Waals surface area contributed by atoms with Crippen LogP contribution in [-0.4, -0.2) is 12.1 Å². The average Bonchev–Trinajstić information content (AvgIpc) is 2.42. The Labute approximate surface area is 85.0 Å². The van der Waals surface area contributed by atoms with Crippen molar-refractivity contribution in [2.75, 3.05) is 7.11 Å². The topological polar surface area (TPSA) is 25.0 Å². The molecule has 0 saturated carbocycles. The van der Waals surface area contributed by atoms with Crippen molar-refractivity contribution in [3.8, 4) is 5.75 Å². The number of halogens is 1. The molecule has 0 bridgehead atoms. The second-order valence-electron chi connectivity index (χ2n) is 3.03. The summed E-state index contributed by atoms with van der Waals surface area (Å²) < 4.78 is 6.18. The van der Waals surface area contributed by atoms with Gasteiger partial charge in [0.05, 0.1) is 11.6 Å². The summed E-state index contributed by atoms with van der Waals surface area (Å²) >= 11 is 3.45. The number of ether oxygens (including phenoxy) is 1. The minimum Gasteiger partial charge on any atom is -0.495 e. The van der Waals surface area contributed by atoms with E-state index in [4.69, 9.17) is 4.74 Å². The average molecular weight is 240 g/mol. The van der Waals surface area contributed by atoms with Gasteiger partial charge >= 0.3 is 0 Å². The number of methoxy groups -OCH3 is 1. The van der Waals surface area contributed by atoms with E-state index < -0.39 is 0 Å². The number of benzene rings is 1. The molecule has 68 valence electrons. The SMILES string of the molecule is COc1cc2[nH]c(C)cc2cc1Br. The number of aryl methyl sites for hydroxylation is 1. The first-order chi connectivity index (χ1) is 6.20. The van der Waals surface area contributed by atoms with Gasteiger partial charge in [0, 0.05) is 22.7 Å². The Morgan fingerprint density at radius 2 is 2.08 bits per heavy atom. The number of fused-ring (bicyclic) bond motifs is 1. The van der Waals surface area contributed by atoms with Crippen LogP contribution in [0, 0.1) is 6.92 Å². The summed E-state index contributed by atoms with van der Waals surface area (Å²) in [6, 6.07) is 6.16. The van der Waals surface area contributed by atoms with Gasteiger partial charge in [-0.25, -0.2) is 0 Å². The van der Waals surface area contributed by atoms with Crippen LogP contribution in [0.4, 0.5) is 0 Å². The van der Waals surface area contributed by atoms with Gasteiger partial charge < -0.3 is 9.72 Å². The highest BCUT2D eigenvalue weighted by molar-refractivity contribution is 9.10. The molecule has 2 nitrogen and oxygen atoms in total. The molecule has 13 heavy (non-hydrogen) atoms. The predicted molar refractivity (Wildman–Crippen MR) is 57.3 cm³/mol. The second-order valence-corrected chi connectivity index (χ2v) is 3.88. The Kier molecular flexibility index (Phi) is 2.04. The van der Waals surface area contributed by atoms with E-state index in [2.05, 4.69) is 33.0 Å². The third kappa shape index (κ3) is 1.44. The highest BCUT2D eigenvalue weighted by Gasteiger charge is 2.04. The minimum atomic E-state index is 0.856. The van der Waals surface area contributed by atoms with Gasteiger partial charge in [0.2, 0.25) is 0 Å². The molecule has 0 atom stereocenters. The number of H-pyrrole nitrogens is 1. The number of aromatic amines is 1. The molecule has 0 saturated heterocycles. The molecule has 0 unspecified atom stereocenters. The van der Waals surface area contributed by atoms with Gasteiger partial charge in [0.25, 0.3) is 0 Å². The summed E-state index contributed by atoms with van der Waals surface area (Å²) in [5.41, 5.74) is 2.27. The van der Waals surface area contributed by atoms with Gasteiger partial charge in [-0.05, 0) is 35.0 Å². The molecule has 3 heteroatoms. The van der Waals surface area contributed by atoms with E-state index in [1.54, 1.807) is 7.11 Å². The largest absolute Gasteiger partial charge is 0.495 e. The summed E-state index contributed by atoms with van der Waals surface area (Å²) in [6.45, 7) is 2.04. The third-order valence-electron chi connectivity index (χ3n) is 2.03. The quantitative estimate of drug-likeness (QED) is 0.813. The lowest BCUT2D eigenvalue weighted by molar-refractivity contribution is 0.413. The first-order valence-corrected chi connectivity index (χ1v) is 4.83.